The van der Waals surface area contributed by atoms with Crippen LogP contribution in [-0.4, -0.2) is 69.1 Å². The van der Waals surface area contributed by atoms with Crippen molar-refractivity contribution in [3.63, 3.8) is 0 Å². The number of ether oxygens (including phenoxy) is 4. The van der Waals surface area contributed by atoms with Crippen molar-refractivity contribution in [1.29, 1.82) is 0 Å². The Kier molecular flexibility index (Phi) is 2.90. The molecule has 0 amide bonds. The first kappa shape index (κ1) is 18.6. The second-order valence-electron chi connectivity index (χ2n) is 11.7. The summed E-state index contributed by atoms with van der Waals surface area (Å²) in [6.45, 7) is 9.80. The van der Waals surface area contributed by atoms with Gasteiger partial charge in [-0.25, -0.2) is 4.79 Å². The molecule has 164 valence electrons. The van der Waals surface area contributed by atoms with Crippen LogP contribution < -0.4 is 0 Å². The topological polar surface area (TPSA) is 104 Å². The standard InChI is InChI=1S/C23H30O7/c1-9(2)21-15(29-21)16-23(30-16)20(5)7-6-10-13(14(19(3,4)26)27-17(10)24)11(20)8-12-22(23,28-12)18(21)25/h9,11-12,14-16,18,25-26H,6-8H2,1-5H3/t11-,12-,14?,15-,16-,18+,20-,21-,22+,23+/m0/s1. The molecule has 7 heteroatoms. The second kappa shape index (κ2) is 4.69. The number of carbonyl (C=O) groups is 1. The normalized spacial score (nSPS) is 59.4. The summed E-state index contributed by atoms with van der Waals surface area (Å²) in [6, 6.07) is 0. The molecule has 7 aliphatic rings. The van der Waals surface area contributed by atoms with Crippen molar-refractivity contribution in [3.8, 4) is 0 Å². The fourth-order valence-corrected chi connectivity index (χ4v) is 8.31. The van der Waals surface area contributed by atoms with Gasteiger partial charge in [-0.3, -0.25) is 0 Å². The first-order valence-electron chi connectivity index (χ1n) is 11.3. The monoisotopic (exact) mass is 418 g/mol. The second-order valence-corrected chi connectivity index (χ2v) is 11.7. The minimum Gasteiger partial charge on any atom is -0.451 e. The predicted octanol–water partition coefficient (Wildman–Crippen LogP) is 1.24. The molecule has 4 heterocycles. The molecule has 7 rings (SSSR count). The molecular formula is C23H30O7. The Morgan fingerprint density at radius 3 is 2.57 bits per heavy atom. The molecule has 0 aromatic rings. The number of aliphatic hydroxyl groups excluding tert-OH is 1. The number of hydrogen-bond donors (Lipinski definition) is 2. The van der Waals surface area contributed by atoms with Gasteiger partial charge in [-0.1, -0.05) is 20.8 Å². The van der Waals surface area contributed by atoms with E-state index in [0.29, 0.717) is 12.8 Å². The summed E-state index contributed by atoms with van der Waals surface area (Å²) in [5, 5.41) is 22.4. The number of hydrogen-bond acceptors (Lipinski definition) is 7. The predicted molar refractivity (Wildman–Crippen MR) is 102 cm³/mol. The van der Waals surface area contributed by atoms with Crippen molar-refractivity contribution >= 4 is 5.97 Å². The number of rotatable bonds is 2. The Hall–Kier alpha value is -0.990. The van der Waals surface area contributed by atoms with Crippen LogP contribution in [0, 0.1) is 17.3 Å². The van der Waals surface area contributed by atoms with Gasteiger partial charge in [0.15, 0.2) is 11.7 Å². The number of esters is 1. The highest BCUT2D eigenvalue weighted by Gasteiger charge is 3.00. The van der Waals surface area contributed by atoms with Crippen LogP contribution in [0.3, 0.4) is 0 Å². The first-order chi connectivity index (χ1) is 14.0. The Morgan fingerprint density at radius 1 is 1.17 bits per heavy atom. The fourth-order valence-electron chi connectivity index (χ4n) is 8.31. The van der Waals surface area contributed by atoms with Gasteiger partial charge in [0.2, 0.25) is 0 Å². The SMILES string of the molecule is CC(C)[C@]12O[C@H]1[C@@H]1O[C@]13[C@]1(O[C@H]1C[C@H]1C4=C(CC[C@@]13C)C(=O)OC4C(C)(C)O)[C@@H]2O. The minimum atomic E-state index is -1.16. The third-order valence-electron chi connectivity index (χ3n) is 9.81. The van der Waals surface area contributed by atoms with E-state index in [0.717, 1.165) is 17.6 Å². The van der Waals surface area contributed by atoms with E-state index < -0.39 is 34.6 Å². The molecule has 30 heavy (non-hydrogen) atoms. The average Bonchev–Trinajstić information content (AvgIpc) is 3.53. The van der Waals surface area contributed by atoms with Gasteiger partial charge in [0.05, 0.1) is 11.7 Å². The van der Waals surface area contributed by atoms with E-state index in [1.807, 2.05) is 0 Å². The van der Waals surface area contributed by atoms with E-state index in [2.05, 4.69) is 20.8 Å². The maximum atomic E-state index is 12.6. The third kappa shape index (κ3) is 1.57. The smallest absolute Gasteiger partial charge is 0.334 e. The summed E-state index contributed by atoms with van der Waals surface area (Å²) < 4.78 is 24.8. The molecule has 5 fully saturated rings. The molecule has 4 aliphatic heterocycles. The van der Waals surface area contributed by atoms with Gasteiger partial charge in [-0.05, 0) is 50.5 Å². The molecule has 2 spiro atoms. The van der Waals surface area contributed by atoms with Gasteiger partial charge in [0, 0.05) is 11.0 Å². The van der Waals surface area contributed by atoms with Gasteiger partial charge in [0.1, 0.15) is 29.5 Å². The van der Waals surface area contributed by atoms with Crippen LogP contribution in [0.25, 0.3) is 0 Å². The van der Waals surface area contributed by atoms with E-state index in [4.69, 9.17) is 18.9 Å². The van der Waals surface area contributed by atoms with Crippen molar-refractivity contribution in [1.82, 2.24) is 0 Å². The van der Waals surface area contributed by atoms with E-state index in [1.165, 1.54) is 0 Å². The average molecular weight is 418 g/mol. The molecule has 7 nitrogen and oxygen atoms in total. The highest BCUT2D eigenvalue weighted by molar-refractivity contribution is 5.93. The molecule has 0 radical (unpaired) electrons. The van der Waals surface area contributed by atoms with Crippen molar-refractivity contribution in [2.24, 2.45) is 17.3 Å². The van der Waals surface area contributed by atoms with Crippen LogP contribution in [0.1, 0.15) is 53.9 Å². The molecule has 1 unspecified atom stereocenters. The Labute approximate surface area is 175 Å². The Balaban J connectivity index is 1.36. The van der Waals surface area contributed by atoms with Crippen LogP contribution in [-0.2, 0) is 23.7 Å². The van der Waals surface area contributed by atoms with Crippen molar-refractivity contribution in [3.05, 3.63) is 11.1 Å². The molecule has 0 aromatic carbocycles. The molecule has 3 saturated heterocycles. The largest absolute Gasteiger partial charge is 0.451 e. The van der Waals surface area contributed by atoms with Gasteiger partial charge in [-0.2, -0.15) is 0 Å². The summed E-state index contributed by atoms with van der Waals surface area (Å²) in [7, 11) is 0. The van der Waals surface area contributed by atoms with Crippen LogP contribution in [0.15, 0.2) is 11.1 Å². The Morgan fingerprint density at radius 2 is 1.90 bits per heavy atom. The molecule has 0 bridgehead atoms. The van der Waals surface area contributed by atoms with E-state index in [9.17, 15) is 15.0 Å². The number of epoxide rings is 3. The molecule has 2 N–H and O–H groups in total. The summed E-state index contributed by atoms with van der Waals surface area (Å²) in [5.74, 6) is -0.121. The zero-order valence-corrected chi connectivity index (χ0v) is 18.1. The van der Waals surface area contributed by atoms with Crippen LogP contribution in [0.2, 0.25) is 0 Å². The van der Waals surface area contributed by atoms with Crippen molar-refractivity contribution in [2.45, 2.75) is 107 Å². The maximum Gasteiger partial charge on any atom is 0.334 e. The number of aliphatic hydroxyl groups is 2. The van der Waals surface area contributed by atoms with Crippen LogP contribution in [0.5, 0.6) is 0 Å². The van der Waals surface area contributed by atoms with Gasteiger partial charge < -0.3 is 29.2 Å². The number of cyclic esters (lactones) is 1. The first-order valence-corrected chi connectivity index (χ1v) is 11.3. The van der Waals surface area contributed by atoms with Gasteiger partial charge in [0.25, 0.3) is 0 Å². The van der Waals surface area contributed by atoms with Crippen molar-refractivity contribution in [2.75, 3.05) is 0 Å². The summed E-state index contributed by atoms with van der Waals surface area (Å²) in [5.41, 5.74) is -1.75. The summed E-state index contributed by atoms with van der Waals surface area (Å²) in [4.78, 5) is 12.6. The molecule has 2 saturated carbocycles. The highest BCUT2D eigenvalue weighted by Crippen LogP contribution is 2.83. The summed E-state index contributed by atoms with van der Waals surface area (Å²) >= 11 is 0. The number of carbonyl (C=O) groups excluding carboxylic acids is 1. The lowest BCUT2D eigenvalue weighted by atomic mass is 9.46. The zero-order valence-electron chi connectivity index (χ0n) is 18.1. The molecule has 0 aromatic heterocycles. The summed E-state index contributed by atoms with van der Waals surface area (Å²) in [6.07, 6.45) is 0.356. The third-order valence-corrected chi connectivity index (χ3v) is 9.81. The van der Waals surface area contributed by atoms with E-state index in [-0.39, 0.29) is 41.5 Å². The minimum absolute atomic E-state index is 0.00671. The maximum absolute atomic E-state index is 12.6. The molecule has 3 aliphatic carbocycles. The Bertz CT molecular complexity index is 934. The lowest BCUT2D eigenvalue weighted by Crippen LogP contribution is -2.69. The molecular weight excluding hydrogens is 388 g/mol. The molecule has 10 atom stereocenters. The zero-order chi connectivity index (χ0) is 21.2. The highest BCUT2D eigenvalue weighted by atomic mass is 16.7. The number of fused-ring (bicyclic) bond motifs is 4. The van der Waals surface area contributed by atoms with E-state index in [1.54, 1.807) is 13.8 Å². The van der Waals surface area contributed by atoms with Crippen LogP contribution >= 0.6 is 0 Å². The van der Waals surface area contributed by atoms with Gasteiger partial charge >= 0.3 is 5.97 Å². The fraction of sp³-hybridized carbons (Fsp3) is 0.870. The van der Waals surface area contributed by atoms with Crippen LogP contribution in [0.4, 0.5) is 0 Å². The van der Waals surface area contributed by atoms with Crippen molar-refractivity contribution < 1.29 is 34.0 Å². The lowest BCUT2D eigenvalue weighted by molar-refractivity contribution is -0.149. The van der Waals surface area contributed by atoms with Gasteiger partial charge in [-0.15, -0.1) is 0 Å². The lowest BCUT2D eigenvalue weighted by Gasteiger charge is -2.54. The van der Waals surface area contributed by atoms with E-state index >= 15 is 0 Å². The quantitative estimate of drug-likeness (QED) is 0.514.